The minimum Gasteiger partial charge on any atom is -0.463 e. The van der Waals surface area contributed by atoms with Gasteiger partial charge in [-0.15, -0.1) is 10.2 Å². The molecule has 0 fully saturated rings. The number of nitrogens with zero attached hydrogens (tertiary/aromatic N) is 5. The summed E-state index contributed by atoms with van der Waals surface area (Å²) in [5, 5.41) is 12.1. The van der Waals surface area contributed by atoms with Crippen LogP contribution < -0.4 is 4.74 Å². The van der Waals surface area contributed by atoms with Gasteiger partial charge >= 0.3 is 6.18 Å². The van der Waals surface area contributed by atoms with Crippen LogP contribution in [0.5, 0.6) is 5.88 Å². The van der Waals surface area contributed by atoms with Crippen molar-refractivity contribution in [2.45, 2.75) is 25.8 Å². The smallest absolute Gasteiger partial charge is 0.425 e. The number of halogens is 4. The summed E-state index contributed by atoms with van der Waals surface area (Å²) in [4.78, 5) is 3.63. The third-order valence-electron chi connectivity index (χ3n) is 3.45. The van der Waals surface area contributed by atoms with Crippen LogP contribution in [-0.4, -0.2) is 44.2 Å². The van der Waals surface area contributed by atoms with Gasteiger partial charge in [-0.2, -0.15) is 22.8 Å². The standard InChI is InChI=1S/C15H13F4N5O2/c1-8(15(17,18)19)26-14-10(16)5-9(6-20-14)11-3-4-12-21-22-13(7-25-2)24(12)23-11/h3-6,8H,7H2,1-2H3/t8-/m1/s1. The van der Waals surface area contributed by atoms with Gasteiger partial charge in [-0.25, -0.2) is 9.37 Å². The summed E-state index contributed by atoms with van der Waals surface area (Å²) >= 11 is 0. The fourth-order valence-electron chi connectivity index (χ4n) is 2.09. The lowest BCUT2D eigenvalue weighted by Gasteiger charge is -2.17. The van der Waals surface area contributed by atoms with Crippen molar-refractivity contribution in [3.05, 3.63) is 36.0 Å². The fourth-order valence-corrected chi connectivity index (χ4v) is 2.09. The van der Waals surface area contributed by atoms with E-state index < -0.39 is 24.0 Å². The second kappa shape index (κ2) is 6.83. The molecule has 3 rings (SSSR count). The third-order valence-corrected chi connectivity index (χ3v) is 3.45. The first-order valence-corrected chi connectivity index (χ1v) is 7.39. The Morgan fingerprint density at radius 1 is 1.23 bits per heavy atom. The van der Waals surface area contributed by atoms with Gasteiger partial charge in [0.2, 0.25) is 0 Å². The molecule has 0 amide bonds. The summed E-state index contributed by atoms with van der Waals surface area (Å²) in [6.07, 6.45) is -5.62. The monoisotopic (exact) mass is 371 g/mol. The summed E-state index contributed by atoms with van der Waals surface area (Å²) in [6.45, 7) is 0.945. The predicted octanol–water partition coefficient (Wildman–Crippen LogP) is 2.80. The highest BCUT2D eigenvalue weighted by Crippen LogP contribution is 2.27. The summed E-state index contributed by atoms with van der Waals surface area (Å²) < 4.78 is 62.6. The van der Waals surface area contributed by atoms with Gasteiger partial charge in [0.15, 0.2) is 23.4 Å². The molecular formula is C15H13F4N5O2. The Kier molecular flexibility index (Phi) is 4.72. The van der Waals surface area contributed by atoms with Crippen molar-refractivity contribution in [1.29, 1.82) is 0 Å². The SMILES string of the molecule is COCc1nnc2ccc(-c3cnc(O[C@H](C)C(F)(F)F)c(F)c3)nn12. The molecule has 0 aromatic carbocycles. The van der Waals surface area contributed by atoms with Gasteiger partial charge in [0.25, 0.3) is 5.88 Å². The molecule has 0 bridgehead atoms. The van der Waals surface area contributed by atoms with Gasteiger partial charge in [-0.05, 0) is 25.1 Å². The van der Waals surface area contributed by atoms with Crippen LogP contribution in [-0.2, 0) is 11.3 Å². The Balaban J connectivity index is 1.91. The lowest BCUT2D eigenvalue weighted by atomic mass is 10.2. The third kappa shape index (κ3) is 3.57. The number of aromatic nitrogens is 5. The van der Waals surface area contributed by atoms with Crippen molar-refractivity contribution < 1.29 is 27.0 Å². The van der Waals surface area contributed by atoms with E-state index in [1.54, 1.807) is 12.1 Å². The number of pyridine rings is 1. The molecule has 0 saturated carbocycles. The quantitative estimate of drug-likeness (QED) is 0.642. The molecular weight excluding hydrogens is 358 g/mol. The summed E-state index contributed by atoms with van der Waals surface area (Å²) in [6, 6.07) is 4.18. The Labute approximate surface area is 144 Å². The molecule has 26 heavy (non-hydrogen) atoms. The van der Waals surface area contributed by atoms with Crippen LogP contribution in [0.1, 0.15) is 12.7 Å². The van der Waals surface area contributed by atoms with Crippen molar-refractivity contribution in [3.8, 4) is 17.1 Å². The number of alkyl halides is 3. The van der Waals surface area contributed by atoms with E-state index in [1.165, 1.54) is 17.8 Å². The lowest BCUT2D eigenvalue weighted by molar-refractivity contribution is -0.190. The Morgan fingerprint density at radius 2 is 2.00 bits per heavy atom. The minimum atomic E-state index is -4.62. The molecule has 1 atom stereocenters. The van der Waals surface area contributed by atoms with Crippen LogP contribution in [0.2, 0.25) is 0 Å². The summed E-state index contributed by atoms with van der Waals surface area (Å²) in [7, 11) is 1.49. The number of hydrogen-bond donors (Lipinski definition) is 0. The average Bonchev–Trinajstić information content (AvgIpc) is 2.98. The topological polar surface area (TPSA) is 74.4 Å². The maximum atomic E-state index is 14.1. The molecule has 0 radical (unpaired) electrons. The maximum Gasteiger partial charge on any atom is 0.425 e. The zero-order valence-electron chi connectivity index (χ0n) is 13.7. The van der Waals surface area contributed by atoms with Gasteiger partial charge < -0.3 is 9.47 Å². The van der Waals surface area contributed by atoms with Crippen molar-refractivity contribution in [1.82, 2.24) is 24.8 Å². The molecule has 0 unspecified atom stereocenters. The molecule has 7 nitrogen and oxygen atoms in total. The molecule has 0 N–H and O–H groups in total. The number of fused-ring (bicyclic) bond motifs is 1. The molecule has 3 aromatic rings. The number of ether oxygens (including phenoxy) is 2. The maximum absolute atomic E-state index is 14.1. The summed E-state index contributed by atoms with van der Waals surface area (Å²) in [5.41, 5.74) is 1.05. The van der Waals surface area contributed by atoms with Crippen LogP contribution >= 0.6 is 0 Å². The predicted molar refractivity (Wildman–Crippen MR) is 80.8 cm³/mol. The highest BCUT2D eigenvalue weighted by atomic mass is 19.4. The van der Waals surface area contributed by atoms with Gasteiger partial charge in [0, 0.05) is 18.9 Å². The van der Waals surface area contributed by atoms with Crippen molar-refractivity contribution in [2.75, 3.05) is 7.11 Å². The molecule has 0 aliphatic carbocycles. The van der Waals surface area contributed by atoms with Crippen LogP contribution in [0.25, 0.3) is 16.9 Å². The average molecular weight is 371 g/mol. The van der Waals surface area contributed by atoms with Gasteiger partial charge in [0.05, 0.1) is 5.69 Å². The van der Waals surface area contributed by atoms with E-state index in [-0.39, 0.29) is 12.2 Å². The normalized spacial score (nSPS) is 13.2. The molecule has 0 spiro atoms. The highest BCUT2D eigenvalue weighted by Gasteiger charge is 2.38. The summed E-state index contributed by atoms with van der Waals surface area (Å²) in [5.74, 6) is -1.32. The Bertz CT molecular complexity index is 928. The molecule has 11 heteroatoms. The van der Waals surface area contributed by atoms with Crippen LogP contribution in [0.15, 0.2) is 24.4 Å². The Hall–Kier alpha value is -2.82. The van der Waals surface area contributed by atoms with E-state index in [4.69, 9.17) is 4.74 Å². The molecule has 0 aliphatic heterocycles. The number of rotatable bonds is 5. The zero-order chi connectivity index (χ0) is 18.9. The van der Waals surface area contributed by atoms with E-state index in [0.717, 1.165) is 13.0 Å². The number of hydrogen-bond acceptors (Lipinski definition) is 6. The van der Waals surface area contributed by atoms with E-state index in [9.17, 15) is 17.6 Å². The largest absolute Gasteiger partial charge is 0.463 e. The van der Waals surface area contributed by atoms with Crippen molar-refractivity contribution in [3.63, 3.8) is 0 Å². The molecule has 0 aliphatic rings. The molecule has 0 saturated heterocycles. The molecule has 138 valence electrons. The fraction of sp³-hybridized carbons (Fsp3) is 0.333. The molecule has 3 aromatic heterocycles. The zero-order valence-corrected chi connectivity index (χ0v) is 13.7. The van der Waals surface area contributed by atoms with Crippen molar-refractivity contribution >= 4 is 5.65 Å². The van der Waals surface area contributed by atoms with E-state index in [2.05, 4.69) is 25.0 Å². The minimum absolute atomic E-state index is 0.173. The first-order chi connectivity index (χ1) is 12.3. The molecule has 3 heterocycles. The Morgan fingerprint density at radius 3 is 2.65 bits per heavy atom. The van der Waals surface area contributed by atoms with Crippen LogP contribution in [0.3, 0.4) is 0 Å². The second-order valence-corrected chi connectivity index (χ2v) is 5.35. The second-order valence-electron chi connectivity index (χ2n) is 5.35. The lowest BCUT2D eigenvalue weighted by Crippen LogP contribution is -2.31. The number of methoxy groups -OCH3 is 1. The van der Waals surface area contributed by atoms with E-state index >= 15 is 0 Å². The van der Waals surface area contributed by atoms with E-state index in [0.29, 0.717) is 17.2 Å². The van der Waals surface area contributed by atoms with Gasteiger partial charge in [-0.3, -0.25) is 0 Å². The van der Waals surface area contributed by atoms with Gasteiger partial charge in [0.1, 0.15) is 6.61 Å². The van der Waals surface area contributed by atoms with E-state index in [1.807, 2.05) is 0 Å². The van der Waals surface area contributed by atoms with Crippen molar-refractivity contribution in [2.24, 2.45) is 0 Å². The van der Waals surface area contributed by atoms with Crippen LogP contribution in [0, 0.1) is 5.82 Å². The first kappa shape index (κ1) is 18.0. The highest BCUT2D eigenvalue weighted by molar-refractivity contribution is 5.59. The van der Waals surface area contributed by atoms with Gasteiger partial charge in [-0.1, -0.05) is 0 Å². The first-order valence-electron chi connectivity index (χ1n) is 7.39. The van der Waals surface area contributed by atoms with Crippen LogP contribution in [0.4, 0.5) is 17.6 Å².